The summed E-state index contributed by atoms with van der Waals surface area (Å²) >= 11 is 0. The molecule has 0 fully saturated rings. The highest BCUT2D eigenvalue weighted by Gasteiger charge is 2.22. The van der Waals surface area contributed by atoms with Crippen LogP contribution in [0.15, 0.2) is 0 Å². The molecule has 31 heavy (non-hydrogen) atoms. The van der Waals surface area contributed by atoms with Crippen molar-refractivity contribution >= 4 is 5.97 Å². The minimum Gasteiger partial charge on any atom is -0.462 e. The van der Waals surface area contributed by atoms with Gasteiger partial charge in [-0.15, -0.1) is 0 Å². The van der Waals surface area contributed by atoms with Crippen LogP contribution in [0.25, 0.3) is 0 Å². The van der Waals surface area contributed by atoms with Gasteiger partial charge in [-0.1, -0.05) is 84.5 Å². The van der Waals surface area contributed by atoms with E-state index >= 15 is 0 Å². The molecule has 186 valence electrons. The Morgan fingerprint density at radius 3 is 1.61 bits per heavy atom. The summed E-state index contributed by atoms with van der Waals surface area (Å²) in [5, 5.41) is 0. The zero-order chi connectivity index (χ0) is 23.0. The van der Waals surface area contributed by atoms with Gasteiger partial charge in [-0.2, -0.15) is 0 Å². The Labute approximate surface area is 192 Å². The number of nitrogens with one attached hydrogen (secondary N) is 2. The van der Waals surface area contributed by atoms with Crippen LogP contribution in [0.4, 0.5) is 0 Å². The number of ether oxygens (including phenoxy) is 1. The number of rotatable bonds is 24. The second-order valence-electron chi connectivity index (χ2n) is 9.06. The normalized spacial score (nSPS) is 13.3. The molecule has 6 nitrogen and oxygen atoms in total. The Kier molecular flexibility index (Phi) is 23.4. The summed E-state index contributed by atoms with van der Waals surface area (Å²) in [5.41, 5.74) is 5.42. The number of hydrogen-bond donors (Lipinski definition) is 4. The van der Waals surface area contributed by atoms with Crippen LogP contribution in [0.2, 0.25) is 0 Å². The summed E-state index contributed by atoms with van der Waals surface area (Å²) in [6, 6.07) is 0. The average molecular weight is 443 g/mol. The Bertz CT molecular complexity index is 383. The molecule has 0 spiro atoms. The Morgan fingerprint density at radius 1 is 0.645 bits per heavy atom. The fourth-order valence-electron chi connectivity index (χ4n) is 4.06. The van der Waals surface area contributed by atoms with Crippen LogP contribution in [0, 0.1) is 5.92 Å². The molecular formula is C25H54N4O2. The van der Waals surface area contributed by atoms with Gasteiger partial charge in [-0.3, -0.25) is 27.3 Å². The van der Waals surface area contributed by atoms with Crippen LogP contribution < -0.4 is 22.5 Å². The zero-order valence-corrected chi connectivity index (χ0v) is 20.8. The van der Waals surface area contributed by atoms with E-state index in [4.69, 9.17) is 16.4 Å². The number of nitrogens with two attached hydrogens (primary N) is 2. The Morgan fingerprint density at radius 2 is 1.06 bits per heavy atom. The molecule has 0 saturated heterocycles. The topological polar surface area (TPSA) is 102 Å². The number of carbonyl (C=O) groups is 1. The highest BCUT2D eigenvalue weighted by molar-refractivity contribution is 5.72. The predicted molar refractivity (Wildman–Crippen MR) is 132 cm³/mol. The number of hydrogen-bond acceptors (Lipinski definition) is 6. The summed E-state index contributed by atoms with van der Waals surface area (Å²) in [5.74, 6) is 10.8. The van der Waals surface area contributed by atoms with E-state index in [0.717, 1.165) is 90.1 Å². The molecule has 0 rings (SSSR count). The molecule has 0 aliphatic rings. The highest BCUT2D eigenvalue weighted by Crippen LogP contribution is 2.22. The molecular weight excluding hydrogens is 388 g/mol. The van der Waals surface area contributed by atoms with E-state index in [2.05, 4.69) is 24.7 Å². The number of carbonyl (C=O) groups excluding carboxylic acids is 1. The minimum absolute atomic E-state index is 0.0657. The maximum absolute atomic E-state index is 13.0. The fourth-order valence-corrected chi connectivity index (χ4v) is 4.06. The molecule has 2 unspecified atom stereocenters. The number of hydrazine groups is 2. The zero-order valence-electron chi connectivity index (χ0n) is 20.8. The van der Waals surface area contributed by atoms with Gasteiger partial charge in [0.1, 0.15) is 6.10 Å². The first-order chi connectivity index (χ1) is 15.2. The first kappa shape index (κ1) is 30.3. The van der Waals surface area contributed by atoms with Crippen molar-refractivity contribution in [1.82, 2.24) is 10.9 Å². The standard InChI is InChI=1S/C25H54N4O2/c1-3-5-17-23(18-13-9-7-11-15-21-28-26)25(30)31-24(19-6-4-2)20-14-10-8-12-16-22-29-27/h23-24,28-29H,3-22,26-27H2,1-2H3. The van der Waals surface area contributed by atoms with Gasteiger partial charge in [0.2, 0.25) is 0 Å². The fraction of sp³-hybridized carbons (Fsp3) is 0.960. The van der Waals surface area contributed by atoms with Crippen molar-refractivity contribution in [2.45, 2.75) is 136 Å². The quantitative estimate of drug-likeness (QED) is 0.0681. The van der Waals surface area contributed by atoms with E-state index in [0.29, 0.717) is 0 Å². The van der Waals surface area contributed by atoms with Crippen molar-refractivity contribution in [3.63, 3.8) is 0 Å². The average Bonchev–Trinajstić information content (AvgIpc) is 2.77. The summed E-state index contributed by atoms with van der Waals surface area (Å²) < 4.78 is 6.08. The van der Waals surface area contributed by atoms with Gasteiger partial charge >= 0.3 is 5.97 Å². The first-order valence-corrected chi connectivity index (χ1v) is 13.3. The molecule has 2 atom stereocenters. The molecule has 0 bridgehead atoms. The highest BCUT2D eigenvalue weighted by atomic mass is 16.5. The molecule has 0 heterocycles. The van der Waals surface area contributed by atoms with E-state index in [1.807, 2.05) is 0 Å². The SMILES string of the molecule is CCCCC(CCCCCCCNN)OC(=O)C(CCCC)CCCCCCCNN. The monoisotopic (exact) mass is 442 g/mol. The molecule has 6 N–H and O–H groups in total. The summed E-state index contributed by atoms with van der Waals surface area (Å²) in [6.07, 6.45) is 20.4. The smallest absolute Gasteiger partial charge is 0.309 e. The second-order valence-corrected chi connectivity index (χ2v) is 9.06. The lowest BCUT2D eigenvalue weighted by Gasteiger charge is -2.22. The number of esters is 1. The molecule has 0 saturated carbocycles. The van der Waals surface area contributed by atoms with Crippen molar-refractivity contribution in [2.24, 2.45) is 17.6 Å². The third kappa shape index (κ3) is 19.7. The van der Waals surface area contributed by atoms with Crippen molar-refractivity contribution in [3.05, 3.63) is 0 Å². The van der Waals surface area contributed by atoms with Crippen molar-refractivity contribution < 1.29 is 9.53 Å². The molecule has 0 radical (unpaired) electrons. The lowest BCUT2D eigenvalue weighted by molar-refractivity contribution is -0.155. The van der Waals surface area contributed by atoms with Gasteiger partial charge in [0.15, 0.2) is 0 Å². The predicted octanol–water partition coefficient (Wildman–Crippen LogP) is 5.50. The van der Waals surface area contributed by atoms with E-state index in [-0.39, 0.29) is 18.0 Å². The van der Waals surface area contributed by atoms with E-state index in [9.17, 15) is 4.79 Å². The van der Waals surface area contributed by atoms with E-state index in [1.54, 1.807) is 0 Å². The molecule has 0 aliphatic carbocycles. The van der Waals surface area contributed by atoms with Crippen molar-refractivity contribution in [3.8, 4) is 0 Å². The molecule has 6 heteroatoms. The van der Waals surface area contributed by atoms with Crippen molar-refractivity contribution in [1.29, 1.82) is 0 Å². The number of unbranched alkanes of at least 4 members (excludes halogenated alkanes) is 10. The maximum Gasteiger partial charge on any atom is 0.309 e. The molecule has 0 aromatic rings. The van der Waals surface area contributed by atoms with E-state index in [1.165, 1.54) is 38.5 Å². The third-order valence-electron chi connectivity index (χ3n) is 6.12. The first-order valence-electron chi connectivity index (χ1n) is 13.3. The van der Waals surface area contributed by atoms with Gasteiger partial charge in [0.05, 0.1) is 5.92 Å². The van der Waals surface area contributed by atoms with Crippen LogP contribution >= 0.6 is 0 Å². The van der Waals surface area contributed by atoms with Crippen LogP contribution in [0.5, 0.6) is 0 Å². The molecule has 0 aromatic carbocycles. The van der Waals surface area contributed by atoms with Gasteiger partial charge < -0.3 is 4.74 Å². The molecule has 0 amide bonds. The van der Waals surface area contributed by atoms with Crippen LogP contribution in [-0.4, -0.2) is 25.2 Å². The van der Waals surface area contributed by atoms with E-state index < -0.39 is 0 Å². The summed E-state index contributed by atoms with van der Waals surface area (Å²) in [4.78, 5) is 13.0. The summed E-state index contributed by atoms with van der Waals surface area (Å²) in [7, 11) is 0. The van der Waals surface area contributed by atoms with Gasteiger partial charge in [0, 0.05) is 13.1 Å². The molecule has 0 aliphatic heterocycles. The lowest BCUT2D eigenvalue weighted by atomic mass is 9.95. The van der Waals surface area contributed by atoms with Gasteiger partial charge in [0.25, 0.3) is 0 Å². The van der Waals surface area contributed by atoms with Gasteiger partial charge in [-0.25, -0.2) is 0 Å². The van der Waals surface area contributed by atoms with Crippen LogP contribution in [0.3, 0.4) is 0 Å². The molecule has 0 aromatic heterocycles. The largest absolute Gasteiger partial charge is 0.462 e. The Balaban J connectivity index is 4.35. The lowest BCUT2D eigenvalue weighted by Crippen LogP contribution is -2.25. The van der Waals surface area contributed by atoms with Crippen LogP contribution in [0.1, 0.15) is 129 Å². The maximum atomic E-state index is 13.0. The summed E-state index contributed by atoms with van der Waals surface area (Å²) in [6.45, 7) is 6.18. The minimum atomic E-state index is 0.0657. The third-order valence-corrected chi connectivity index (χ3v) is 6.12. The van der Waals surface area contributed by atoms with Crippen molar-refractivity contribution in [2.75, 3.05) is 13.1 Å². The van der Waals surface area contributed by atoms with Gasteiger partial charge in [-0.05, 0) is 44.9 Å². The Hall–Kier alpha value is -0.690. The second kappa shape index (κ2) is 24.0. The van der Waals surface area contributed by atoms with Crippen LogP contribution in [-0.2, 0) is 9.53 Å².